The number of benzene rings is 1. The van der Waals surface area contributed by atoms with Gasteiger partial charge in [0.2, 0.25) is 0 Å². The molecule has 0 atom stereocenters. The number of methoxy groups -OCH3 is 2. The van der Waals surface area contributed by atoms with Gasteiger partial charge in [-0.1, -0.05) is 0 Å². The third-order valence-corrected chi connectivity index (χ3v) is 6.38. The van der Waals surface area contributed by atoms with Gasteiger partial charge in [0, 0.05) is 41.3 Å². The van der Waals surface area contributed by atoms with E-state index >= 15 is 0 Å². The lowest BCUT2D eigenvalue weighted by atomic mass is 9.71. The normalized spacial score (nSPS) is 20.3. The fourth-order valence-electron chi connectivity index (χ4n) is 4.42. The number of allylic oxidation sites excluding steroid dienone is 4. The number of carbonyl (C=O) groups excluding carboxylic acids is 2. The molecule has 3 aliphatic rings. The smallest absolute Gasteiger partial charge is 0.174 e. The molecule has 1 aromatic carbocycles. The fraction of sp³-hybridized carbons (Fsp3) is 0.429. The molecule has 2 aliphatic carbocycles. The highest BCUT2D eigenvalue weighted by molar-refractivity contribution is 14.1. The monoisotopic (exact) mass is 479 g/mol. The van der Waals surface area contributed by atoms with Crippen molar-refractivity contribution in [2.45, 2.75) is 44.4 Å². The van der Waals surface area contributed by atoms with Crippen molar-refractivity contribution in [2.24, 2.45) is 0 Å². The van der Waals surface area contributed by atoms with Gasteiger partial charge in [-0.3, -0.25) is 9.59 Å². The number of hydrogen-bond acceptors (Lipinski definition) is 5. The Bertz CT molecular complexity index is 858. The zero-order valence-electron chi connectivity index (χ0n) is 15.5. The quantitative estimate of drug-likeness (QED) is 0.664. The Kier molecular flexibility index (Phi) is 5.01. The molecule has 0 amide bonds. The summed E-state index contributed by atoms with van der Waals surface area (Å²) in [7, 11) is 3.22. The van der Waals surface area contributed by atoms with Crippen molar-refractivity contribution in [3.8, 4) is 11.5 Å². The van der Waals surface area contributed by atoms with Crippen molar-refractivity contribution in [1.82, 2.24) is 5.32 Å². The second-order valence-electron chi connectivity index (χ2n) is 7.13. The second kappa shape index (κ2) is 7.30. The topological polar surface area (TPSA) is 64.6 Å². The molecule has 0 fully saturated rings. The predicted octanol–water partition coefficient (Wildman–Crippen LogP) is 4.01. The third kappa shape index (κ3) is 3.07. The van der Waals surface area contributed by atoms with E-state index in [1.807, 2.05) is 12.1 Å². The van der Waals surface area contributed by atoms with Gasteiger partial charge in [-0.2, -0.15) is 0 Å². The van der Waals surface area contributed by atoms with Crippen molar-refractivity contribution in [2.75, 3.05) is 14.2 Å². The van der Waals surface area contributed by atoms with Crippen LogP contribution < -0.4 is 14.8 Å². The summed E-state index contributed by atoms with van der Waals surface area (Å²) < 4.78 is 11.9. The van der Waals surface area contributed by atoms with Crippen molar-refractivity contribution in [3.63, 3.8) is 0 Å². The van der Waals surface area contributed by atoms with E-state index in [1.165, 1.54) is 0 Å². The summed E-state index contributed by atoms with van der Waals surface area (Å²) in [6.07, 6.45) is 4.51. The van der Waals surface area contributed by atoms with Crippen LogP contribution in [0, 0.1) is 3.57 Å². The van der Waals surface area contributed by atoms with E-state index in [1.54, 1.807) is 14.2 Å². The highest BCUT2D eigenvalue weighted by Crippen LogP contribution is 2.47. The molecule has 0 unspecified atom stereocenters. The second-order valence-corrected chi connectivity index (χ2v) is 8.30. The maximum absolute atomic E-state index is 12.9. The molecule has 0 bridgehead atoms. The molecule has 4 rings (SSSR count). The van der Waals surface area contributed by atoms with Gasteiger partial charge in [0.05, 0.1) is 17.8 Å². The van der Waals surface area contributed by atoms with E-state index < -0.39 is 0 Å². The predicted molar refractivity (Wildman–Crippen MR) is 110 cm³/mol. The Morgan fingerprint density at radius 2 is 1.52 bits per heavy atom. The Balaban J connectivity index is 1.93. The van der Waals surface area contributed by atoms with E-state index in [2.05, 4.69) is 27.9 Å². The zero-order chi connectivity index (χ0) is 19.1. The van der Waals surface area contributed by atoms with Gasteiger partial charge in [-0.25, -0.2) is 0 Å². The summed E-state index contributed by atoms with van der Waals surface area (Å²) >= 11 is 2.21. The molecule has 6 heteroatoms. The minimum atomic E-state index is -0.315. The third-order valence-electron chi connectivity index (χ3n) is 5.58. The van der Waals surface area contributed by atoms with Crippen LogP contribution in [0.15, 0.2) is 34.7 Å². The maximum Gasteiger partial charge on any atom is 0.174 e. The molecular weight excluding hydrogens is 457 g/mol. The number of ether oxygens (including phenoxy) is 2. The lowest BCUT2D eigenvalue weighted by Gasteiger charge is -2.37. The molecule has 0 saturated carbocycles. The lowest BCUT2D eigenvalue weighted by Crippen LogP contribution is -2.36. The molecule has 27 heavy (non-hydrogen) atoms. The summed E-state index contributed by atoms with van der Waals surface area (Å²) in [5.74, 6) is 1.26. The number of halogens is 1. The lowest BCUT2D eigenvalue weighted by molar-refractivity contribution is -0.116. The molecule has 0 spiro atoms. The highest BCUT2D eigenvalue weighted by Gasteiger charge is 2.40. The molecule has 0 aromatic heterocycles. The number of hydrogen-bond donors (Lipinski definition) is 1. The molecule has 1 N–H and O–H groups in total. The average Bonchev–Trinajstić information content (AvgIpc) is 2.66. The van der Waals surface area contributed by atoms with Gasteiger partial charge in [0.15, 0.2) is 23.1 Å². The number of rotatable bonds is 3. The van der Waals surface area contributed by atoms with Crippen LogP contribution in [-0.4, -0.2) is 25.8 Å². The first-order valence-electron chi connectivity index (χ1n) is 9.26. The van der Waals surface area contributed by atoms with Crippen molar-refractivity contribution < 1.29 is 19.1 Å². The summed E-state index contributed by atoms with van der Waals surface area (Å²) in [6, 6.07) is 3.92. The SMILES string of the molecule is COc1cc(C2C3=C(CCCC3=O)NC3=C2C(=O)CCC3)cc(I)c1OC. The number of nitrogens with one attached hydrogen (secondary N) is 1. The van der Waals surface area contributed by atoms with Crippen LogP contribution in [0.1, 0.15) is 50.0 Å². The Morgan fingerprint density at radius 3 is 2.04 bits per heavy atom. The number of dihydropyridines is 1. The molecule has 1 aliphatic heterocycles. The molecule has 1 heterocycles. The van der Waals surface area contributed by atoms with Crippen LogP contribution in [0.25, 0.3) is 0 Å². The van der Waals surface area contributed by atoms with Gasteiger partial charge in [-0.15, -0.1) is 0 Å². The minimum Gasteiger partial charge on any atom is -0.493 e. The van der Waals surface area contributed by atoms with E-state index in [-0.39, 0.29) is 17.5 Å². The highest BCUT2D eigenvalue weighted by atomic mass is 127. The number of carbonyl (C=O) groups is 2. The molecule has 142 valence electrons. The summed E-state index contributed by atoms with van der Waals surface area (Å²) in [5, 5.41) is 3.44. The zero-order valence-corrected chi connectivity index (χ0v) is 17.6. The molecular formula is C21H22INO4. The van der Waals surface area contributed by atoms with Gasteiger partial charge in [-0.05, 0) is 66.0 Å². The van der Waals surface area contributed by atoms with Crippen LogP contribution >= 0.6 is 22.6 Å². The summed E-state index contributed by atoms with van der Waals surface area (Å²) in [4.78, 5) is 25.7. The number of Topliss-reactive ketones (excluding diaryl/α,β-unsaturated/α-hetero) is 2. The fourth-order valence-corrected chi connectivity index (χ4v) is 5.27. The van der Waals surface area contributed by atoms with Gasteiger partial charge >= 0.3 is 0 Å². The van der Waals surface area contributed by atoms with Crippen molar-refractivity contribution in [3.05, 3.63) is 43.8 Å². The summed E-state index contributed by atoms with van der Waals surface area (Å²) in [6.45, 7) is 0. The van der Waals surface area contributed by atoms with E-state index in [4.69, 9.17) is 9.47 Å². The molecule has 1 aromatic rings. The molecule has 5 nitrogen and oxygen atoms in total. The van der Waals surface area contributed by atoms with Crippen LogP contribution in [0.4, 0.5) is 0 Å². The molecule has 0 saturated heterocycles. The molecule has 0 radical (unpaired) electrons. The van der Waals surface area contributed by atoms with E-state index in [9.17, 15) is 9.59 Å². The first kappa shape index (κ1) is 18.5. The number of ketones is 2. The van der Waals surface area contributed by atoms with Crippen LogP contribution in [0.2, 0.25) is 0 Å². The van der Waals surface area contributed by atoms with Gasteiger partial charge in [0.1, 0.15) is 0 Å². The van der Waals surface area contributed by atoms with Gasteiger partial charge < -0.3 is 14.8 Å². The largest absolute Gasteiger partial charge is 0.493 e. The van der Waals surface area contributed by atoms with Crippen LogP contribution in [-0.2, 0) is 9.59 Å². The van der Waals surface area contributed by atoms with Crippen molar-refractivity contribution in [1.29, 1.82) is 0 Å². The first-order valence-corrected chi connectivity index (χ1v) is 10.3. The summed E-state index contributed by atoms with van der Waals surface area (Å²) in [5.41, 5.74) is 4.43. The minimum absolute atomic E-state index is 0.142. The Hall–Kier alpha value is -1.83. The average molecular weight is 479 g/mol. The van der Waals surface area contributed by atoms with E-state index in [0.717, 1.165) is 57.4 Å². The first-order chi connectivity index (χ1) is 13.0. The Labute approximate surface area is 172 Å². The van der Waals surface area contributed by atoms with Crippen LogP contribution in [0.5, 0.6) is 11.5 Å². The Morgan fingerprint density at radius 1 is 0.926 bits per heavy atom. The maximum atomic E-state index is 12.9. The standard InChI is InChI=1S/C21H22INO4/c1-26-17-10-11(9-12(22)21(17)27-2)18-19-13(5-3-7-15(19)24)23-14-6-4-8-16(25)20(14)18/h9-10,18,23H,3-8H2,1-2H3. The van der Waals surface area contributed by atoms with Crippen molar-refractivity contribution >= 4 is 34.2 Å². The van der Waals surface area contributed by atoms with Crippen LogP contribution in [0.3, 0.4) is 0 Å². The van der Waals surface area contributed by atoms with E-state index in [0.29, 0.717) is 24.3 Å². The van der Waals surface area contributed by atoms with Gasteiger partial charge in [0.25, 0.3) is 0 Å².